The van der Waals surface area contributed by atoms with Crippen molar-refractivity contribution in [1.29, 1.82) is 0 Å². The molecule has 1 heterocycles. The molecule has 3 nitrogen and oxygen atoms in total. The van der Waals surface area contributed by atoms with Gasteiger partial charge in [0.2, 0.25) is 5.91 Å². The molecule has 1 aliphatic rings. The van der Waals surface area contributed by atoms with Crippen LogP contribution in [-0.2, 0) is 11.2 Å². The quantitative estimate of drug-likeness (QED) is 0.919. The van der Waals surface area contributed by atoms with E-state index in [0.29, 0.717) is 6.54 Å². The largest absolute Gasteiger partial charge is 0.355 e. The van der Waals surface area contributed by atoms with Crippen molar-refractivity contribution in [3.63, 3.8) is 0 Å². The summed E-state index contributed by atoms with van der Waals surface area (Å²) in [5.74, 6) is 0.174. The Morgan fingerprint density at radius 3 is 2.80 bits per heavy atom. The first-order valence-corrected chi connectivity index (χ1v) is 7.58. The number of halogens is 1. The lowest BCUT2D eigenvalue weighted by Gasteiger charge is -2.01. The smallest absolute Gasteiger partial charge is 0.223 e. The molecule has 1 aliphatic carbocycles. The van der Waals surface area contributed by atoms with Gasteiger partial charge in [0.25, 0.3) is 0 Å². The topological polar surface area (TPSA) is 42.0 Å². The number of carbonyl (C=O) groups is 1. The monoisotopic (exact) mass is 290 g/mol. The molecule has 1 aromatic heterocycles. The minimum atomic E-state index is -0.242. The maximum absolute atomic E-state index is 12.9. The summed E-state index contributed by atoms with van der Waals surface area (Å²) in [6.07, 6.45) is 2.78. The van der Waals surface area contributed by atoms with E-state index in [1.54, 1.807) is 12.1 Å². The molecule has 1 saturated carbocycles. The molecule has 1 N–H and O–H groups in total. The van der Waals surface area contributed by atoms with E-state index < -0.39 is 0 Å². The van der Waals surface area contributed by atoms with Crippen LogP contribution in [0.15, 0.2) is 29.6 Å². The zero-order chi connectivity index (χ0) is 13.9. The zero-order valence-electron chi connectivity index (χ0n) is 10.9. The fourth-order valence-corrected chi connectivity index (χ4v) is 2.81. The van der Waals surface area contributed by atoms with Crippen molar-refractivity contribution in [2.45, 2.75) is 19.3 Å². The van der Waals surface area contributed by atoms with Gasteiger partial charge in [-0.2, -0.15) is 0 Å². The number of nitrogens with one attached hydrogen (secondary N) is 1. The van der Waals surface area contributed by atoms with Crippen LogP contribution in [-0.4, -0.2) is 17.4 Å². The number of amides is 1. The van der Waals surface area contributed by atoms with E-state index in [9.17, 15) is 9.18 Å². The molecule has 1 aromatic carbocycles. The predicted octanol–water partition coefficient (Wildman–Crippen LogP) is 3.02. The Kier molecular flexibility index (Phi) is 3.78. The van der Waals surface area contributed by atoms with Crippen LogP contribution in [0.25, 0.3) is 10.6 Å². The van der Waals surface area contributed by atoms with Crippen molar-refractivity contribution in [2.75, 3.05) is 6.54 Å². The third-order valence-electron chi connectivity index (χ3n) is 3.27. The molecule has 20 heavy (non-hydrogen) atoms. The van der Waals surface area contributed by atoms with E-state index in [2.05, 4.69) is 10.3 Å². The molecule has 1 amide bonds. The summed E-state index contributed by atoms with van der Waals surface area (Å²) in [4.78, 5) is 16.0. The minimum absolute atomic E-state index is 0.166. The Labute approximate surface area is 120 Å². The number of hydrogen-bond acceptors (Lipinski definition) is 3. The molecule has 104 valence electrons. The third-order valence-corrected chi connectivity index (χ3v) is 4.21. The highest BCUT2D eigenvalue weighted by molar-refractivity contribution is 7.13. The normalized spacial score (nSPS) is 14.2. The third kappa shape index (κ3) is 3.22. The first-order chi connectivity index (χ1) is 9.72. The van der Waals surface area contributed by atoms with Gasteiger partial charge in [-0.3, -0.25) is 4.79 Å². The first kappa shape index (κ1) is 13.2. The number of rotatable bonds is 5. The Bertz CT molecular complexity index is 605. The van der Waals surface area contributed by atoms with E-state index in [0.717, 1.165) is 35.5 Å². The second kappa shape index (κ2) is 5.71. The molecule has 5 heteroatoms. The molecule has 0 atom stereocenters. The lowest BCUT2D eigenvalue weighted by molar-refractivity contribution is -0.122. The van der Waals surface area contributed by atoms with Gasteiger partial charge in [-0.25, -0.2) is 9.37 Å². The van der Waals surface area contributed by atoms with Crippen molar-refractivity contribution in [3.8, 4) is 10.6 Å². The number of nitrogens with zero attached hydrogens (tertiary/aromatic N) is 1. The van der Waals surface area contributed by atoms with Gasteiger partial charge in [0, 0.05) is 29.8 Å². The molecule has 0 unspecified atom stereocenters. The fourth-order valence-electron chi connectivity index (χ4n) is 1.95. The molecular weight excluding hydrogens is 275 g/mol. The highest BCUT2D eigenvalue weighted by Crippen LogP contribution is 2.28. The average Bonchev–Trinajstić information content (AvgIpc) is 3.20. The second-order valence-electron chi connectivity index (χ2n) is 4.97. The lowest BCUT2D eigenvalue weighted by atomic mass is 10.2. The van der Waals surface area contributed by atoms with Crippen molar-refractivity contribution in [1.82, 2.24) is 10.3 Å². The highest BCUT2D eigenvalue weighted by atomic mass is 32.1. The van der Waals surface area contributed by atoms with Gasteiger partial charge < -0.3 is 5.32 Å². The van der Waals surface area contributed by atoms with E-state index in [4.69, 9.17) is 0 Å². The van der Waals surface area contributed by atoms with E-state index >= 15 is 0 Å². The van der Waals surface area contributed by atoms with E-state index in [1.807, 2.05) is 5.38 Å². The van der Waals surface area contributed by atoms with Crippen molar-refractivity contribution < 1.29 is 9.18 Å². The van der Waals surface area contributed by atoms with Crippen LogP contribution < -0.4 is 5.32 Å². The highest BCUT2D eigenvalue weighted by Gasteiger charge is 2.29. The number of thiazole rings is 1. The summed E-state index contributed by atoms with van der Waals surface area (Å²) in [6.45, 7) is 0.627. The molecule has 0 aliphatic heterocycles. The standard InChI is InChI=1S/C15H15FN2OS/c16-12-5-3-11(4-6-12)15-18-13(9-20-15)7-8-17-14(19)10-1-2-10/h3-6,9-10H,1-2,7-8H2,(H,17,19). The molecule has 3 rings (SSSR count). The SMILES string of the molecule is O=C(NCCc1csc(-c2ccc(F)cc2)n1)C1CC1. The fraction of sp³-hybridized carbons (Fsp3) is 0.333. The van der Waals surface area contributed by atoms with Crippen LogP contribution in [0.4, 0.5) is 4.39 Å². The van der Waals surface area contributed by atoms with Gasteiger partial charge >= 0.3 is 0 Å². The van der Waals surface area contributed by atoms with Crippen molar-refractivity contribution in [2.24, 2.45) is 5.92 Å². The summed E-state index contributed by atoms with van der Waals surface area (Å²) in [5, 5.41) is 5.80. The molecule has 0 saturated heterocycles. The second-order valence-corrected chi connectivity index (χ2v) is 5.82. The van der Waals surface area contributed by atoms with Crippen molar-refractivity contribution in [3.05, 3.63) is 41.2 Å². The lowest BCUT2D eigenvalue weighted by Crippen LogP contribution is -2.26. The average molecular weight is 290 g/mol. The zero-order valence-corrected chi connectivity index (χ0v) is 11.8. The molecule has 1 fully saturated rings. The van der Waals surface area contributed by atoms with Crippen LogP contribution in [0, 0.1) is 11.7 Å². The maximum atomic E-state index is 12.9. The van der Waals surface area contributed by atoms with Gasteiger partial charge in [0.1, 0.15) is 10.8 Å². The number of carbonyl (C=O) groups excluding carboxylic acids is 1. The maximum Gasteiger partial charge on any atom is 0.223 e. The Morgan fingerprint density at radius 1 is 1.35 bits per heavy atom. The Balaban J connectivity index is 1.56. The summed E-state index contributed by atoms with van der Waals surface area (Å²) in [6, 6.07) is 6.33. The van der Waals surface area contributed by atoms with E-state index in [1.165, 1.54) is 23.5 Å². The molecule has 0 bridgehead atoms. The van der Waals surface area contributed by atoms with Gasteiger partial charge in [-0.15, -0.1) is 11.3 Å². The van der Waals surface area contributed by atoms with Crippen LogP contribution in [0.2, 0.25) is 0 Å². The molecular formula is C15H15FN2OS. The van der Waals surface area contributed by atoms with Gasteiger partial charge in [0.05, 0.1) is 5.69 Å². The van der Waals surface area contributed by atoms with Gasteiger partial charge in [0.15, 0.2) is 0 Å². The van der Waals surface area contributed by atoms with Gasteiger partial charge in [-0.05, 0) is 37.1 Å². The minimum Gasteiger partial charge on any atom is -0.355 e. The molecule has 0 radical (unpaired) electrons. The summed E-state index contributed by atoms with van der Waals surface area (Å²) < 4.78 is 12.9. The summed E-state index contributed by atoms with van der Waals surface area (Å²) in [5.41, 5.74) is 1.88. The Hall–Kier alpha value is -1.75. The number of benzene rings is 1. The van der Waals surface area contributed by atoms with E-state index in [-0.39, 0.29) is 17.6 Å². The number of hydrogen-bond donors (Lipinski definition) is 1. The summed E-state index contributed by atoms with van der Waals surface area (Å²) >= 11 is 1.54. The first-order valence-electron chi connectivity index (χ1n) is 6.70. The van der Waals surface area contributed by atoms with Gasteiger partial charge in [-0.1, -0.05) is 0 Å². The molecule has 0 spiro atoms. The summed E-state index contributed by atoms with van der Waals surface area (Å²) in [7, 11) is 0. The number of aromatic nitrogens is 1. The van der Waals surface area contributed by atoms with Crippen LogP contribution in [0.1, 0.15) is 18.5 Å². The van der Waals surface area contributed by atoms with Crippen molar-refractivity contribution >= 4 is 17.2 Å². The Morgan fingerprint density at radius 2 is 2.10 bits per heavy atom. The molecule has 2 aromatic rings. The van der Waals surface area contributed by atoms with Crippen LogP contribution in [0.3, 0.4) is 0 Å². The predicted molar refractivity (Wildman–Crippen MR) is 76.9 cm³/mol. The van der Waals surface area contributed by atoms with Crippen LogP contribution in [0.5, 0.6) is 0 Å². The van der Waals surface area contributed by atoms with Crippen LogP contribution >= 0.6 is 11.3 Å².